The van der Waals surface area contributed by atoms with E-state index in [1.165, 1.54) is 6.08 Å². The van der Waals surface area contributed by atoms with Gasteiger partial charge >= 0.3 is 5.97 Å². The molecule has 0 radical (unpaired) electrons. The Kier molecular flexibility index (Phi) is 3.89. The zero-order valence-corrected chi connectivity index (χ0v) is 7.68. The Balaban J connectivity index is 2.44. The lowest BCUT2D eigenvalue weighted by Crippen LogP contribution is -2.20. The molecule has 0 aromatic rings. The van der Waals surface area contributed by atoms with Crippen molar-refractivity contribution >= 4 is 5.97 Å². The first-order chi connectivity index (χ1) is 6.24. The molecule has 1 aliphatic heterocycles. The molecule has 1 rings (SSSR count). The molecular formula is C9H14FNO2. The lowest BCUT2D eigenvalue weighted by Gasteiger charge is -2.03. The standard InChI is InChI=1S/C9H14FNO2/c1-2-13-9(12)8(10)6-7-4-3-5-11-7/h6-7,11H,2-5H2,1H3/b8-6-. The Morgan fingerprint density at radius 3 is 3.08 bits per heavy atom. The smallest absolute Gasteiger partial charge is 0.366 e. The number of halogens is 1. The van der Waals surface area contributed by atoms with Crippen LogP contribution in [0.25, 0.3) is 0 Å². The maximum Gasteiger partial charge on any atom is 0.366 e. The van der Waals surface area contributed by atoms with Crippen molar-refractivity contribution in [3.05, 3.63) is 11.9 Å². The van der Waals surface area contributed by atoms with Crippen LogP contribution in [0.4, 0.5) is 4.39 Å². The molecule has 0 spiro atoms. The molecule has 3 nitrogen and oxygen atoms in total. The SMILES string of the molecule is CCOC(=O)/C(F)=C/C1CCCN1. The Labute approximate surface area is 77.0 Å². The third kappa shape index (κ3) is 3.14. The van der Waals surface area contributed by atoms with Crippen LogP contribution in [-0.2, 0) is 9.53 Å². The molecule has 1 saturated heterocycles. The van der Waals surface area contributed by atoms with Gasteiger partial charge in [-0.05, 0) is 32.4 Å². The van der Waals surface area contributed by atoms with E-state index in [-0.39, 0.29) is 12.6 Å². The van der Waals surface area contributed by atoms with Gasteiger partial charge in [0.15, 0.2) is 0 Å². The highest BCUT2D eigenvalue weighted by atomic mass is 19.1. The summed E-state index contributed by atoms with van der Waals surface area (Å²) in [6.07, 6.45) is 3.20. The van der Waals surface area contributed by atoms with Crippen molar-refractivity contribution in [2.24, 2.45) is 0 Å². The van der Waals surface area contributed by atoms with Crippen LogP contribution in [0.15, 0.2) is 11.9 Å². The maximum atomic E-state index is 13.0. The molecule has 0 bridgehead atoms. The van der Waals surface area contributed by atoms with E-state index < -0.39 is 11.8 Å². The van der Waals surface area contributed by atoms with Crippen LogP contribution in [0, 0.1) is 0 Å². The van der Waals surface area contributed by atoms with E-state index in [4.69, 9.17) is 0 Å². The van der Waals surface area contributed by atoms with Crippen molar-refractivity contribution in [2.75, 3.05) is 13.2 Å². The van der Waals surface area contributed by atoms with Crippen LogP contribution in [0.2, 0.25) is 0 Å². The predicted molar refractivity (Wildman–Crippen MR) is 46.8 cm³/mol. The van der Waals surface area contributed by atoms with Crippen LogP contribution in [-0.4, -0.2) is 25.2 Å². The summed E-state index contributed by atoms with van der Waals surface area (Å²) < 4.78 is 17.5. The molecule has 0 aromatic heterocycles. The van der Waals surface area contributed by atoms with Gasteiger partial charge in [0, 0.05) is 6.04 Å². The molecule has 4 heteroatoms. The molecule has 1 heterocycles. The molecule has 0 aliphatic carbocycles. The van der Waals surface area contributed by atoms with E-state index in [1.54, 1.807) is 6.92 Å². The van der Waals surface area contributed by atoms with Crippen molar-refractivity contribution in [3.8, 4) is 0 Å². The molecule has 0 saturated carbocycles. The number of hydrogen-bond acceptors (Lipinski definition) is 3. The minimum atomic E-state index is -0.865. The second kappa shape index (κ2) is 4.97. The highest BCUT2D eigenvalue weighted by molar-refractivity contribution is 5.86. The average molecular weight is 187 g/mol. The van der Waals surface area contributed by atoms with E-state index in [2.05, 4.69) is 10.1 Å². The summed E-state index contributed by atoms with van der Waals surface area (Å²) in [7, 11) is 0. The highest BCUT2D eigenvalue weighted by Crippen LogP contribution is 2.10. The molecule has 0 amide bonds. The predicted octanol–water partition coefficient (Wildman–Crippen LogP) is 1.15. The van der Waals surface area contributed by atoms with Crippen molar-refractivity contribution < 1.29 is 13.9 Å². The summed E-state index contributed by atoms with van der Waals surface area (Å²) in [4.78, 5) is 10.8. The van der Waals surface area contributed by atoms with E-state index in [9.17, 15) is 9.18 Å². The second-order valence-electron chi connectivity index (χ2n) is 2.94. The summed E-state index contributed by atoms with van der Waals surface area (Å²) in [5.41, 5.74) is 0. The second-order valence-corrected chi connectivity index (χ2v) is 2.94. The summed E-state index contributed by atoms with van der Waals surface area (Å²) >= 11 is 0. The van der Waals surface area contributed by atoms with Gasteiger partial charge in [-0.3, -0.25) is 0 Å². The topological polar surface area (TPSA) is 38.3 Å². The Hall–Kier alpha value is -0.900. The zero-order chi connectivity index (χ0) is 9.68. The van der Waals surface area contributed by atoms with Gasteiger partial charge in [0.1, 0.15) is 0 Å². The first-order valence-electron chi connectivity index (χ1n) is 4.52. The van der Waals surface area contributed by atoms with Crippen LogP contribution in [0.5, 0.6) is 0 Å². The minimum absolute atomic E-state index is 0.00981. The van der Waals surface area contributed by atoms with Gasteiger partial charge < -0.3 is 10.1 Å². The average Bonchev–Trinajstić information content (AvgIpc) is 2.57. The number of carbonyl (C=O) groups is 1. The molecule has 0 aromatic carbocycles. The third-order valence-electron chi connectivity index (χ3n) is 1.92. The fourth-order valence-electron chi connectivity index (χ4n) is 1.30. The normalized spacial score (nSPS) is 23.2. The van der Waals surface area contributed by atoms with Gasteiger partial charge in [0.2, 0.25) is 5.83 Å². The largest absolute Gasteiger partial charge is 0.461 e. The third-order valence-corrected chi connectivity index (χ3v) is 1.92. The summed E-state index contributed by atoms with van der Waals surface area (Å²) in [6.45, 7) is 2.74. The van der Waals surface area contributed by atoms with Crippen LogP contribution in [0.3, 0.4) is 0 Å². The fourth-order valence-corrected chi connectivity index (χ4v) is 1.30. The van der Waals surface area contributed by atoms with E-state index >= 15 is 0 Å². The first kappa shape index (κ1) is 10.2. The van der Waals surface area contributed by atoms with Crippen molar-refractivity contribution in [2.45, 2.75) is 25.8 Å². The van der Waals surface area contributed by atoms with E-state index in [0.29, 0.717) is 0 Å². The molecular weight excluding hydrogens is 173 g/mol. The molecule has 74 valence electrons. The monoisotopic (exact) mass is 187 g/mol. The van der Waals surface area contributed by atoms with Crippen molar-refractivity contribution in [1.82, 2.24) is 5.32 Å². The lowest BCUT2D eigenvalue weighted by atomic mass is 10.2. The highest BCUT2D eigenvalue weighted by Gasteiger charge is 2.16. The van der Waals surface area contributed by atoms with Crippen LogP contribution >= 0.6 is 0 Å². The number of hydrogen-bond donors (Lipinski definition) is 1. The van der Waals surface area contributed by atoms with Gasteiger partial charge in [-0.2, -0.15) is 4.39 Å². The lowest BCUT2D eigenvalue weighted by molar-refractivity contribution is -0.140. The van der Waals surface area contributed by atoms with E-state index in [0.717, 1.165) is 19.4 Å². The van der Waals surface area contributed by atoms with Gasteiger partial charge in [0.05, 0.1) is 6.61 Å². The number of carbonyl (C=O) groups excluding carboxylic acids is 1. The molecule has 13 heavy (non-hydrogen) atoms. The fraction of sp³-hybridized carbons (Fsp3) is 0.667. The van der Waals surface area contributed by atoms with Gasteiger partial charge in [-0.15, -0.1) is 0 Å². The van der Waals surface area contributed by atoms with Gasteiger partial charge in [-0.1, -0.05) is 0 Å². The van der Waals surface area contributed by atoms with Crippen LogP contribution < -0.4 is 5.32 Å². The molecule has 1 fully saturated rings. The maximum absolute atomic E-state index is 13.0. The Morgan fingerprint density at radius 2 is 2.54 bits per heavy atom. The number of esters is 1. The van der Waals surface area contributed by atoms with Crippen molar-refractivity contribution in [3.63, 3.8) is 0 Å². The summed E-state index contributed by atoms with van der Waals surface area (Å²) in [5.74, 6) is -1.66. The zero-order valence-electron chi connectivity index (χ0n) is 7.68. The minimum Gasteiger partial charge on any atom is -0.461 e. The van der Waals surface area contributed by atoms with E-state index in [1.807, 2.05) is 0 Å². The van der Waals surface area contributed by atoms with Crippen LogP contribution in [0.1, 0.15) is 19.8 Å². The number of ether oxygens (including phenoxy) is 1. The number of nitrogens with one attached hydrogen (secondary N) is 1. The molecule has 1 unspecified atom stereocenters. The van der Waals surface area contributed by atoms with Crippen molar-refractivity contribution in [1.29, 1.82) is 0 Å². The molecule has 1 atom stereocenters. The Bertz CT molecular complexity index is 210. The Morgan fingerprint density at radius 1 is 1.77 bits per heavy atom. The molecule has 1 N–H and O–H groups in total. The first-order valence-corrected chi connectivity index (χ1v) is 4.52. The van der Waals surface area contributed by atoms with Gasteiger partial charge in [-0.25, -0.2) is 4.79 Å². The summed E-state index contributed by atoms with van der Waals surface area (Å²) in [5, 5.41) is 3.06. The summed E-state index contributed by atoms with van der Waals surface area (Å²) in [6, 6.07) is -0.00981. The quantitative estimate of drug-likeness (QED) is 0.532. The molecule has 1 aliphatic rings. The van der Waals surface area contributed by atoms with Gasteiger partial charge in [0.25, 0.3) is 0 Å². The number of rotatable bonds is 3.